The van der Waals surface area contributed by atoms with Gasteiger partial charge in [-0.05, 0) is 17.8 Å². The first-order valence-electron chi connectivity index (χ1n) is 8.90. The molecule has 0 aromatic heterocycles. The quantitative estimate of drug-likeness (QED) is 0.319. The van der Waals surface area contributed by atoms with E-state index >= 15 is 0 Å². The number of rotatable bonds is 12. The third kappa shape index (κ3) is 16.9. The average molecular weight is 368 g/mol. The maximum atomic E-state index is 3.83. The Balaban J connectivity index is 0. The van der Waals surface area contributed by atoms with Gasteiger partial charge in [-0.25, -0.2) is 18.6 Å². The molecule has 0 saturated carbocycles. The Bertz CT molecular complexity index is 242. The van der Waals surface area contributed by atoms with Crippen LogP contribution < -0.4 is 0 Å². The third-order valence-corrected chi connectivity index (χ3v) is 4.49. The van der Waals surface area contributed by atoms with E-state index in [-0.39, 0.29) is 32.7 Å². The van der Waals surface area contributed by atoms with E-state index in [0.29, 0.717) is 0 Å². The second-order valence-corrected chi connectivity index (χ2v) is 7.41. The van der Waals surface area contributed by atoms with E-state index in [0.717, 1.165) is 17.8 Å². The molecule has 0 rings (SSSR count). The van der Waals surface area contributed by atoms with Gasteiger partial charge >= 0.3 is 0 Å². The summed E-state index contributed by atoms with van der Waals surface area (Å²) in [7, 11) is 0. The molecule has 0 fully saturated rings. The SMILES string of the molecule is [CH2-]/C=C(\C)CCCC(C)CCCC(C)CCCC(C)C.[Y]. The first-order valence-corrected chi connectivity index (χ1v) is 8.90. The van der Waals surface area contributed by atoms with Crippen LogP contribution in [0.1, 0.15) is 92.4 Å². The zero-order valence-electron chi connectivity index (χ0n) is 15.5. The molecular weight excluding hydrogens is 329 g/mol. The van der Waals surface area contributed by atoms with Crippen LogP contribution in [0.4, 0.5) is 0 Å². The van der Waals surface area contributed by atoms with Crippen LogP contribution in [0, 0.1) is 24.7 Å². The van der Waals surface area contributed by atoms with Gasteiger partial charge in [-0.1, -0.05) is 85.5 Å². The van der Waals surface area contributed by atoms with Gasteiger partial charge in [0.05, 0.1) is 0 Å². The molecule has 21 heavy (non-hydrogen) atoms. The van der Waals surface area contributed by atoms with Gasteiger partial charge in [0.2, 0.25) is 0 Å². The van der Waals surface area contributed by atoms with Crippen molar-refractivity contribution in [2.75, 3.05) is 0 Å². The van der Waals surface area contributed by atoms with Crippen molar-refractivity contribution in [3.63, 3.8) is 0 Å². The summed E-state index contributed by atoms with van der Waals surface area (Å²) in [6, 6.07) is 0. The van der Waals surface area contributed by atoms with Crippen LogP contribution in [0.5, 0.6) is 0 Å². The molecule has 0 N–H and O–H groups in total. The molecule has 0 spiro atoms. The van der Waals surface area contributed by atoms with Gasteiger partial charge in [-0.2, -0.15) is 0 Å². The van der Waals surface area contributed by atoms with Crippen LogP contribution in [0.3, 0.4) is 0 Å². The van der Waals surface area contributed by atoms with Crippen LogP contribution in [0.15, 0.2) is 11.6 Å². The molecule has 0 aromatic carbocycles. The average Bonchev–Trinajstić information content (AvgIpc) is 2.38. The number of hydrogen-bond acceptors (Lipinski definition) is 0. The molecule has 1 heteroatoms. The Morgan fingerprint density at radius 1 is 0.810 bits per heavy atom. The Labute approximate surface area is 160 Å². The van der Waals surface area contributed by atoms with Gasteiger partial charge in [0.25, 0.3) is 0 Å². The summed E-state index contributed by atoms with van der Waals surface area (Å²) >= 11 is 0. The summed E-state index contributed by atoms with van der Waals surface area (Å²) in [6.45, 7) is 15.5. The minimum Gasteiger partial charge on any atom is -0.245 e. The molecule has 0 aliphatic carbocycles. The van der Waals surface area contributed by atoms with Crippen molar-refractivity contribution in [1.82, 2.24) is 0 Å². The first kappa shape index (κ1) is 24.0. The predicted octanol–water partition coefficient (Wildman–Crippen LogP) is 7.20. The molecule has 0 aliphatic heterocycles. The van der Waals surface area contributed by atoms with Crippen LogP contribution in [-0.4, -0.2) is 0 Å². The Morgan fingerprint density at radius 2 is 1.24 bits per heavy atom. The molecular formula is C20H39Y-. The van der Waals surface area contributed by atoms with Gasteiger partial charge in [0.15, 0.2) is 0 Å². The monoisotopic (exact) mass is 368 g/mol. The van der Waals surface area contributed by atoms with Crippen LogP contribution in [-0.2, 0) is 32.7 Å². The van der Waals surface area contributed by atoms with E-state index in [2.05, 4.69) is 41.5 Å². The molecule has 123 valence electrons. The van der Waals surface area contributed by atoms with Gasteiger partial charge in [0, 0.05) is 32.7 Å². The van der Waals surface area contributed by atoms with E-state index in [9.17, 15) is 0 Å². The zero-order chi connectivity index (χ0) is 15.4. The Morgan fingerprint density at radius 3 is 1.67 bits per heavy atom. The molecule has 0 amide bonds. The van der Waals surface area contributed by atoms with Crippen molar-refractivity contribution < 1.29 is 32.7 Å². The summed E-state index contributed by atoms with van der Waals surface area (Å²) in [6.07, 6.45) is 14.5. The van der Waals surface area contributed by atoms with E-state index < -0.39 is 0 Å². The fourth-order valence-electron chi connectivity index (χ4n) is 2.81. The maximum Gasteiger partial charge on any atom is 0 e. The van der Waals surface area contributed by atoms with E-state index in [1.54, 1.807) is 0 Å². The van der Waals surface area contributed by atoms with Crippen molar-refractivity contribution in [2.24, 2.45) is 17.8 Å². The van der Waals surface area contributed by atoms with E-state index in [4.69, 9.17) is 0 Å². The first-order chi connectivity index (χ1) is 9.45. The molecule has 0 saturated heterocycles. The Hall–Kier alpha value is 0.714. The van der Waals surface area contributed by atoms with E-state index in [1.807, 2.05) is 6.08 Å². The van der Waals surface area contributed by atoms with Crippen LogP contribution >= 0.6 is 0 Å². The summed E-state index contributed by atoms with van der Waals surface area (Å²) in [5.74, 6) is 2.70. The molecule has 1 radical (unpaired) electrons. The van der Waals surface area contributed by atoms with E-state index in [1.165, 1.54) is 63.4 Å². The maximum absolute atomic E-state index is 3.83. The third-order valence-electron chi connectivity index (χ3n) is 4.49. The van der Waals surface area contributed by atoms with Crippen LogP contribution in [0.25, 0.3) is 0 Å². The predicted molar refractivity (Wildman–Crippen MR) is 93.8 cm³/mol. The number of hydrogen-bond donors (Lipinski definition) is 0. The minimum atomic E-state index is 0. The minimum absolute atomic E-state index is 0. The van der Waals surface area contributed by atoms with Crippen molar-refractivity contribution in [2.45, 2.75) is 92.4 Å². The second-order valence-electron chi connectivity index (χ2n) is 7.41. The molecule has 2 unspecified atom stereocenters. The van der Waals surface area contributed by atoms with Crippen LogP contribution in [0.2, 0.25) is 0 Å². The van der Waals surface area contributed by atoms with Gasteiger partial charge in [-0.3, -0.25) is 0 Å². The number of allylic oxidation sites excluding steroid dienone is 2. The van der Waals surface area contributed by atoms with Gasteiger partial charge in [-0.15, -0.1) is 6.92 Å². The molecule has 0 bridgehead atoms. The summed E-state index contributed by atoms with van der Waals surface area (Å²) in [5, 5.41) is 0. The standard InChI is InChI=1S/C20H39.Y/c1-7-18(4)12-9-14-20(6)16-10-15-19(5)13-8-11-17(2)3;/h7,17,19-20H,1,8-16H2,2-6H3;/q-1;/b18-7+;. The topological polar surface area (TPSA) is 0 Å². The van der Waals surface area contributed by atoms with Gasteiger partial charge < -0.3 is 0 Å². The van der Waals surface area contributed by atoms with Crippen molar-refractivity contribution in [1.29, 1.82) is 0 Å². The normalized spacial score (nSPS) is 14.9. The van der Waals surface area contributed by atoms with Crippen molar-refractivity contribution in [3.8, 4) is 0 Å². The zero-order valence-corrected chi connectivity index (χ0v) is 18.3. The van der Waals surface area contributed by atoms with Gasteiger partial charge in [0.1, 0.15) is 0 Å². The molecule has 2 atom stereocenters. The smallest absolute Gasteiger partial charge is 0 e. The Kier molecular flexibility index (Phi) is 17.8. The fourth-order valence-corrected chi connectivity index (χ4v) is 2.81. The summed E-state index contributed by atoms with van der Waals surface area (Å²) in [4.78, 5) is 0. The van der Waals surface area contributed by atoms with Crippen molar-refractivity contribution >= 4 is 0 Å². The molecule has 0 nitrogen and oxygen atoms in total. The fraction of sp³-hybridized carbons (Fsp3) is 0.850. The summed E-state index contributed by atoms with van der Waals surface area (Å²) < 4.78 is 0. The summed E-state index contributed by atoms with van der Waals surface area (Å²) in [5.41, 5.74) is 1.44. The largest absolute Gasteiger partial charge is 0.245 e. The molecule has 0 aromatic rings. The molecule has 0 aliphatic rings. The van der Waals surface area contributed by atoms with Crippen molar-refractivity contribution in [3.05, 3.63) is 18.6 Å². The second kappa shape index (κ2) is 15.6. The molecule has 0 heterocycles.